The Hall–Kier alpha value is -2.02. The molecule has 1 aliphatic rings. The maximum Gasteiger partial charge on any atom is 0.322 e. The summed E-state index contributed by atoms with van der Waals surface area (Å²) >= 11 is 0. The van der Waals surface area contributed by atoms with E-state index >= 15 is 0 Å². The number of nitrogens with one attached hydrogen (secondary N) is 2. The summed E-state index contributed by atoms with van der Waals surface area (Å²) in [6, 6.07) is 2.29. The van der Waals surface area contributed by atoms with Crippen molar-refractivity contribution in [3.05, 3.63) is 35.4 Å². The van der Waals surface area contributed by atoms with Crippen LogP contribution in [0.25, 0.3) is 0 Å². The molecule has 1 saturated heterocycles. The number of benzene rings is 1. The van der Waals surface area contributed by atoms with Gasteiger partial charge < -0.3 is 5.32 Å². The normalized spacial score (nSPS) is 15.1. The fraction of sp³-hybridized carbons (Fsp3) is 0.385. The lowest BCUT2D eigenvalue weighted by molar-refractivity contribution is 0.0954. The van der Waals surface area contributed by atoms with Crippen molar-refractivity contribution in [1.82, 2.24) is 15.5 Å². The predicted octanol–water partition coefficient (Wildman–Crippen LogP) is 1.46. The van der Waals surface area contributed by atoms with Gasteiger partial charge in [0.1, 0.15) is 17.2 Å². The van der Waals surface area contributed by atoms with Crippen LogP contribution in [0, 0.1) is 11.6 Å². The SMILES string of the molecule is O=C(NCN1CCCC1)NC(=O)c1c(F)cccc1F. The van der Waals surface area contributed by atoms with Crippen molar-refractivity contribution in [3.63, 3.8) is 0 Å². The van der Waals surface area contributed by atoms with E-state index in [0.29, 0.717) is 6.67 Å². The van der Waals surface area contributed by atoms with E-state index in [4.69, 9.17) is 0 Å². The molecule has 7 heteroatoms. The highest BCUT2D eigenvalue weighted by molar-refractivity contribution is 6.04. The Bertz CT molecular complexity index is 496. The molecule has 1 aromatic carbocycles. The lowest BCUT2D eigenvalue weighted by Gasteiger charge is -2.15. The van der Waals surface area contributed by atoms with Gasteiger partial charge in [0, 0.05) is 0 Å². The molecule has 0 bridgehead atoms. The monoisotopic (exact) mass is 283 g/mol. The maximum atomic E-state index is 13.3. The van der Waals surface area contributed by atoms with Crippen LogP contribution in [0.2, 0.25) is 0 Å². The molecule has 0 radical (unpaired) electrons. The van der Waals surface area contributed by atoms with Crippen molar-refractivity contribution in [2.45, 2.75) is 12.8 Å². The topological polar surface area (TPSA) is 61.4 Å². The molecule has 0 spiro atoms. The third-order valence-electron chi connectivity index (χ3n) is 3.08. The summed E-state index contributed by atoms with van der Waals surface area (Å²) in [4.78, 5) is 25.1. The van der Waals surface area contributed by atoms with Gasteiger partial charge in [-0.25, -0.2) is 13.6 Å². The number of nitrogens with zero attached hydrogens (tertiary/aromatic N) is 1. The molecule has 0 unspecified atom stereocenters. The molecule has 1 aromatic rings. The molecular weight excluding hydrogens is 268 g/mol. The van der Waals surface area contributed by atoms with Crippen LogP contribution in [-0.4, -0.2) is 36.6 Å². The highest BCUT2D eigenvalue weighted by atomic mass is 19.1. The van der Waals surface area contributed by atoms with Crippen molar-refractivity contribution in [2.75, 3.05) is 19.8 Å². The molecule has 3 amide bonds. The first-order chi connectivity index (χ1) is 9.58. The van der Waals surface area contributed by atoms with Crippen molar-refractivity contribution in [1.29, 1.82) is 0 Å². The molecule has 20 heavy (non-hydrogen) atoms. The second-order valence-corrected chi connectivity index (χ2v) is 4.54. The van der Waals surface area contributed by atoms with E-state index in [-0.39, 0.29) is 0 Å². The molecule has 0 atom stereocenters. The van der Waals surface area contributed by atoms with Gasteiger partial charge in [0.25, 0.3) is 5.91 Å². The zero-order valence-corrected chi connectivity index (χ0v) is 10.8. The summed E-state index contributed by atoms with van der Waals surface area (Å²) in [5.41, 5.74) is -0.760. The Labute approximate surface area is 114 Å². The molecule has 0 saturated carbocycles. The zero-order chi connectivity index (χ0) is 14.5. The average molecular weight is 283 g/mol. The number of carbonyl (C=O) groups excluding carboxylic acids is 2. The summed E-state index contributed by atoms with van der Waals surface area (Å²) in [6.07, 6.45) is 2.14. The molecule has 2 rings (SSSR count). The first kappa shape index (κ1) is 14.4. The fourth-order valence-electron chi connectivity index (χ4n) is 2.05. The van der Waals surface area contributed by atoms with Gasteiger partial charge in [0.05, 0.1) is 6.67 Å². The minimum atomic E-state index is -1.10. The van der Waals surface area contributed by atoms with Gasteiger partial charge in [0.2, 0.25) is 0 Å². The molecule has 5 nitrogen and oxygen atoms in total. The fourth-order valence-corrected chi connectivity index (χ4v) is 2.05. The van der Waals surface area contributed by atoms with E-state index in [9.17, 15) is 18.4 Å². The van der Waals surface area contributed by atoms with Crippen LogP contribution in [0.3, 0.4) is 0 Å². The molecule has 0 aliphatic carbocycles. The van der Waals surface area contributed by atoms with Crippen LogP contribution in [0.15, 0.2) is 18.2 Å². The third kappa shape index (κ3) is 3.51. The maximum absolute atomic E-state index is 13.3. The molecule has 2 N–H and O–H groups in total. The Morgan fingerprint density at radius 3 is 2.35 bits per heavy atom. The van der Waals surface area contributed by atoms with Gasteiger partial charge >= 0.3 is 6.03 Å². The number of imide groups is 1. The average Bonchev–Trinajstić information content (AvgIpc) is 2.89. The lowest BCUT2D eigenvalue weighted by atomic mass is 10.2. The standard InChI is InChI=1S/C13H15F2N3O2/c14-9-4-3-5-10(15)11(9)12(19)17-13(20)16-8-18-6-1-2-7-18/h3-5H,1-2,6-8H2,(H2,16,17,19,20). The number of hydrogen-bond acceptors (Lipinski definition) is 3. The number of rotatable bonds is 3. The number of urea groups is 1. The highest BCUT2D eigenvalue weighted by Gasteiger charge is 2.19. The third-order valence-corrected chi connectivity index (χ3v) is 3.08. The van der Waals surface area contributed by atoms with Gasteiger partial charge in [-0.15, -0.1) is 0 Å². The van der Waals surface area contributed by atoms with Crippen LogP contribution >= 0.6 is 0 Å². The second kappa shape index (κ2) is 6.42. The molecule has 1 aliphatic heterocycles. The summed E-state index contributed by atoms with van der Waals surface area (Å²) in [5, 5.41) is 4.38. The number of halogens is 2. The number of amides is 3. The minimum Gasteiger partial charge on any atom is -0.325 e. The van der Waals surface area contributed by atoms with Gasteiger partial charge in [-0.1, -0.05) is 6.07 Å². The smallest absolute Gasteiger partial charge is 0.322 e. The van der Waals surface area contributed by atoms with Crippen molar-refractivity contribution in [2.24, 2.45) is 0 Å². The Kier molecular flexibility index (Phi) is 4.62. The Morgan fingerprint density at radius 1 is 1.15 bits per heavy atom. The summed E-state index contributed by atoms with van der Waals surface area (Å²) < 4.78 is 26.7. The van der Waals surface area contributed by atoms with Gasteiger partial charge in [-0.05, 0) is 38.1 Å². The highest BCUT2D eigenvalue weighted by Crippen LogP contribution is 2.11. The number of hydrogen-bond donors (Lipinski definition) is 2. The molecule has 1 fully saturated rings. The van der Waals surface area contributed by atoms with Crippen LogP contribution in [-0.2, 0) is 0 Å². The minimum absolute atomic E-state index is 0.304. The van der Waals surface area contributed by atoms with Crippen LogP contribution in [0.1, 0.15) is 23.2 Å². The Morgan fingerprint density at radius 2 is 1.75 bits per heavy atom. The zero-order valence-electron chi connectivity index (χ0n) is 10.8. The van der Waals surface area contributed by atoms with Crippen molar-refractivity contribution >= 4 is 11.9 Å². The van der Waals surface area contributed by atoms with E-state index < -0.39 is 29.1 Å². The van der Waals surface area contributed by atoms with Crippen LogP contribution < -0.4 is 10.6 Å². The lowest BCUT2D eigenvalue weighted by Crippen LogP contribution is -2.44. The first-order valence-electron chi connectivity index (χ1n) is 6.33. The predicted molar refractivity (Wildman–Crippen MR) is 68.0 cm³/mol. The van der Waals surface area contributed by atoms with Crippen LogP contribution in [0.5, 0.6) is 0 Å². The largest absolute Gasteiger partial charge is 0.325 e. The molecule has 108 valence electrons. The van der Waals surface area contributed by atoms with E-state index in [1.807, 2.05) is 10.2 Å². The Balaban J connectivity index is 1.88. The summed E-state index contributed by atoms with van der Waals surface area (Å²) in [6.45, 7) is 2.07. The van der Waals surface area contributed by atoms with Crippen molar-refractivity contribution < 1.29 is 18.4 Å². The summed E-state index contributed by atoms with van der Waals surface area (Å²) in [7, 11) is 0. The van der Waals surface area contributed by atoms with Crippen LogP contribution in [0.4, 0.5) is 13.6 Å². The summed E-state index contributed by atoms with van der Waals surface area (Å²) in [5.74, 6) is -3.11. The van der Waals surface area contributed by atoms with E-state index in [1.54, 1.807) is 0 Å². The van der Waals surface area contributed by atoms with Gasteiger partial charge in [-0.2, -0.15) is 0 Å². The quantitative estimate of drug-likeness (QED) is 0.883. The molecule has 0 aromatic heterocycles. The van der Waals surface area contributed by atoms with E-state index in [1.165, 1.54) is 0 Å². The van der Waals surface area contributed by atoms with Crippen molar-refractivity contribution in [3.8, 4) is 0 Å². The van der Waals surface area contributed by atoms with Gasteiger partial charge in [-0.3, -0.25) is 15.0 Å². The second-order valence-electron chi connectivity index (χ2n) is 4.54. The molecule has 1 heterocycles. The van der Waals surface area contributed by atoms with E-state index in [2.05, 4.69) is 5.32 Å². The number of likely N-dealkylation sites (tertiary alicyclic amines) is 1. The number of carbonyl (C=O) groups is 2. The molecular formula is C13H15F2N3O2. The van der Waals surface area contributed by atoms with E-state index in [0.717, 1.165) is 44.1 Å². The first-order valence-corrected chi connectivity index (χ1v) is 6.33. The van der Waals surface area contributed by atoms with Gasteiger partial charge in [0.15, 0.2) is 0 Å².